The molecule has 6 heterocycles. The Hall–Kier alpha value is -7.50. The van der Waals surface area contributed by atoms with Gasteiger partial charge in [-0.1, -0.05) is 18.2 Å². The summed E-state index contributed by atoms with van der Waals surface area (Å²) in [6, 6.07) is 20.1. The Morgan fingerprint density at radius 3 is 1.75 bits per heavy atom. The summed E-state index contributed by atoms with van der Waals surface area (Å²) >= 11 is 0. The second kappa shape index (κ2) is 21.2. The average Bonchev–Trinajstić information content (AvgIpc) is 3.93. The number of nitrogens with two attached hydrogens (primary N) is 1. The molecule has 9 aromatic rings. The van der Waals surface area contributed by atoms with E-state index in [9.17, 15) is 52.0 Å². The second-order valence-corrected chi connectivity index (χ2v) is 19.4. The van der Waals surface area contributed by atoms with E-state index in [1.807, 2.05) is 18.3 Å². The maximum Gasteiger partial charge on any atom is 0.416 e. The molecule has 13 nitrogen and oxygen atoms in total. The molecule has 0 aliphatic heterocycles. The SMILES string of the molecule is CS(=O)(=O)c1ncc(Cc2cn(S(=O)(=O)c3ccccc3)c3ncccc23)cn1.Fc1ccc(C(F)(F)F)cc1CCc1ncc(Cc2c[nH]c3ncccc23)cn1.NCc1cc(C(F)(F)F)ccc1F. The number of aromatic nitrogens is 8. The van der Waals surface area contributed by atoms with E-state index in [0.717, 1.165) is 58.7 Å². The number of sulfone groups is 1. The molecule has 3 aromatic carbocycles. The lowest BCUT2D eigenvalue weighted by molar-refractivity contribution is -0.138. The van der Waals surface area contributed by atoms with Gasteiger partial charge in [-0.25, -0.2) is 59.5 Å². The molecule has 9 rings (SSSR count). The summed E-state index contributed by atoms with van der Waals surface area (Å²) in [5.41, 5.74) is 7.63. The lowest BCUT2D eigenvalue weighted by atomic mass is 10.0. The maximum atomic E-state index is 13.8. The van der Waals surface area contributed by atoms with E-state index in [2.05, 4.69) is 34.9 Å². The van der Waals surface area contributed by atoms with Crippen LogP contribution in [0.25, 0.3) is 22.1 Å². The van der Waals surface area contributed by atoms with Gasteiger partial charge in [0, 0.05) is 98.0 Å². The third kappa shape index (κ3) is 12.6. The minimum absolute atomic E-state index is 0.00112. The fraction of sp³-hybridized carbons (Fsp3) is 0.167. The summed E-state index contributed by atoms with van der Waals surface area (Å²) in [4.78, 5) is 28.1. The van der Waals surface area contributed by atoms with Gasteiger partial charge in [-0.3, -0.25) is 0 Å². The molecule has 0 amide bonds. The van der Waals surface area contributed by atoms with E-state index in [0.29, 0.717) is 46.9 Å². The smallest absolute Gasteiger partial charge is 0.346 e. The van der Waals surface area contributed by atoms with Crippen molar-refractivity contribution >= 4 is 41.9 Å². The van der Waals surface area contributed by atoms with Crippen LogP contribution < -0.4 is 5.73 Å². The van der Waals surface area contributed by atoms with Crippen molar-refractivity contribution in [2.45, 2.75) is 54.6 Å². The topological polar surface area (TPSA) is 192 Å². The van der Waals surface area contributed by atoms with Gasteiger partial charge in [-0.05, 0) is 107 Å². The van der Waals surface area contributed by atoms with Crippen LogP contribution in [-0.4, -0.2) is 62.0 Å². The highest BCUT2D eigenvalue weighted by Crippen LogP contribution is 2.32. The molecule has 0 aliphatic carbocycles. The first-order valence-electron chi connectivity index (χ1n) is 21.0. The molecule has 0 radical (unpaired) electrons. The van der Waals surface area contributed by atoms with Crippen molar-refractivity contribution in [1.29, 1.82) is 0 Å². The molecule has 0 atom stereocenters. The first kappa shape index (κ1) is 51.4. The van der Waals surface area contributed by atoms with Crippen molar-refractivity contribution in [3.05, 3.63) is 203 Å². The van der Waals surface area contributed by atoms with Gasteiger partial charge in [0.2, 0.25) is 15.0 Å². The molecular weight excluding hydrogens is 983 g/mol. The predicted molar refractivity (Wildman–Crippen MR) is 246 cm³/mol. The molecular formula is C48H39F8N9O4S2. The molecule has 0 unspecified atom stereocenters. The molecule has 6 aromatic heterocycles. The van der Waals surface area contributed by atoms with Crippen LogP contribution in [0.4, 0.5) is 35.1 Å². The molecule has 0 aliphatic rings. The third-order valence-electron chi connectivity index (χ3n) is 10.6. The second-order valence-electron chi connectivity index (χ2n) is 15.7. The number of nitrogens with zero attached hydrogens (tertiary/aromatic N) is 7. The quantitative estimate of drug-likeness (QED) is 0.0927. The standard InChI is InChI=1S/C21H16F4N4.C19H16N4O4S2.C8H7F4N/c22-18-5-4-16(21(23,24)25)9-14(18)3-6-19-27-10-13(11-28-19)8-15-12-29-20-17(15)2-1-7-26-20;1-28(24,25)19-21-11-14(12-22-19)10-15-13-23(18-17(15)8-5-9-20-18)29(26,27)16-6-3-2-4-7-16;9-7-2-1-6(8(10,11)12)3-5(7)4-13/h1-2,4-5,7,9-12H,3,6,8H2,(H,26,29);2-9,11-13H,10H2,1H3;1-3H,4,13H2. The van der Waals surface area contributed by atoms with E-state index in [1.54, 1.807) is 48.9 Å². The minimum atomic E-state index is -4.50. The van der Waals surface area contributed by atoms with Gasteiger partial charge in [0.15, 0.2) is 5.65 Å². The Labute approximate surface area is 400 Å². The fourth-order valence-electron chi connectivity index (χ4n) is 7.05. The van der Waals surface area contributed by atoms with Crippen LogP contribution in [0, 0.1) is 11.6 Å². The number of halogens is 8. The van der Waals surface area contributed by atoms with Crippen molar-refractivity contribution in [2.75, 3.05) is 6.26 Å². The molecule has 71 heavy (non-hydrogen) atoms. The summed E-state index contributed by atoms with van der Waals surface area (Å²) < 4.78 is 152. The van der Waals surface area contributed by atoms with E-state index in [4.69, 9.17) is 5.73 Å². The largest absolute Gasteiger partial charge is 0.416 e. The summed E-state index contributed by atoms with van der Waals surface area (Å²) in [5, 5.41) is 1.45. The Morgan fingerprint density at radius 1 is 0.606 bits per heavy atom. The number of aryl methyl sites for hydroxylation is 2. The zero-order valence-corrected chi connectivity index (χ0v) is 38.6. The molecule has 3 N–H and O–H groups in total. The number of pyridine rings is 2. The first-order valence-corrected chi connectivity index (χ1v) is 24.3. The molecule has 0 saturated heterocycles. The summed E-state index contributed by atoms with van der Waals surface area (Å²) in [6.07, 6.45) is 6.25. The molecule has 0 spiro atoms. The lowest BCUT2D eigenvalue weighted by Gasteiger charge is -2.09. The van der Waals surface area contributed by atoms with Gasteiger partial charge in [0.25, 0.3) is 10.0 Å². The van der Waals surface area contributed by atoms with Gasteiger partial charge in [-0.15, -0.1) is 0 Å². The van der Waals surface area contributed by atoms with Crippen LogP contribution in [0.3, 0.4) is 0 Å². The maximum absolute atomic E-state index is 13.8. The summed E-state index contributed by atoms with van der Waals surface area (Å²) in [6.45, 7) is -0.240. The van der Waals surface area contributed by atoms with Gasteiger partial charge in [-0.2, -0.15) is 26.3 Å². The zero-order chi connectivity index (χ0) is 51.1. The van der Waals surface area contributed by atoms with Gasteiger partial charge < -0.3 is 10.7 Å². The number of fused-ring (bicyclic) bond motifs is 2. The van der Waals surface area contributed by atoms with Crippen molar-refractivity contribution in [3.8, 4) is 0 Å². The molecule has 0 fully saturated rings. The highest BCUT2D eigenvalue weighted by Gasteiger charge is 2.32. The highest BCUT2D eigenvalue weighted by molar-refractivity contribution is 7.90. The summed E-state index contributed by atoms with van der Waals surface area (Å²) in [5.74, 6) is -0.927. The van der Waals surface area contributed by atoms with Crippen molar-refractivity contribution < 1.29 is 52.0 Å². The number of hydrogen-bond donors (Lipinski definition) is 2. The zero-order valence-electron chi connectivity index (χ0n) is 37.0. The number of rotatable bonds is 11. The van der Waals surface area contributed by atoms with Crippen LogP contribution in [0.1, 0.15) is 50.3 Å². The van der Waals surface area contributed by atoms with E-state index >= 15 is 0 Å². The van der Waals surface area contributed by atoms with Crippen molar-refractivity contribution in [3.63, 3.8) is 0 Å². The van der Waals surface area contributed by atoms with Crippen molar-refractivity contribution in [1.82, 2.24) is 38.9 Å². The number of nitrogens with one attached hydrogen (secondary N) is 1. The van der Waals surface area contributed by atoms with E-state index in [-0.39, 0.29) is 40.6 Å². The Morgan fingerprint density at radius 2 is 1.15 bits per heavy atom. The van der Waals surface area contributed by atoms with E-state index in [1.165, 1.54) is 40.9 Å². The van der Waals surface area contributed by atoms with Crippen molar-refractivity contribution in [2.24, 2.45) is 5.73 Å². The first-order chi connectivity index (χ1) is 33.6. The number of H-pyrrole nitrogens is 1. The number of hydrogen-bond acceptors (Lipinski definition) is 11. The van der Waals surface area contributed by atoms with Gasteiger partial charge in [0.05, 0.1) is 16.0 Å². The predicted octanol–water partition coefficient (Wildman–Crippen LogP) is 9.25. The van der Waals surface area contributed by atoms with Crippen LogP contribution in [0.5, 0.6) is 0 Å². The highest BCUT2D eigenvalue weighted by atomic mass is 32.2. The molecule has 0 bridgehead atoms. The summed E-state index contributed by atoms with van der Waals surface area (Å²) in [7, 11) is -7.31. The number of aromatic amines is 1. The Kier molecular flexibility index (Phi) is 15.4. The minimum Gasteiger partial charge on any atom is -0.346 e. The van der Waals surface area contributed by atoms with Gasteiger partial charge in [0.1, 0.15) is 23.1 Å². The lowest BCUT2D eigenvalue weighted by Crippen LogP contribution is -2.12. The van der Waals surface area contributed by atoms with Crippen LogP contribution in [0.15, 0.2) is 151 Å². The van der Waals surface area contributed by atoms with Crippen LogP contribution in [0.2, 0.25) is 0 Å². The fourth-order valence-corrected chi connectivity index (χ4v) is 8.90. The van der Waals surface area contributed by atoms with Crippen LogP contribution >= 0.6 is 0 Å². The molecule has 368 valence electrons. The number of alkyl halides is 6. The molecule has 23 heteroatoms. The van der Waals surface area contributed by atoms with Gasteiger partial charge >= 0.3 is 12.4 Å². The van der Waals surface area contributed by atoms with Crippen LogP contribution in [-0.2, 0) is 64.4 Å². The average molecular weight is 1020 g/mol. The monoisotopic (exact) mass is 1020 g/mol. The normalized spacial score (nSPS) is 12.0. The Balaban J connectivity index is 0.000000168. The number of benzene rings is 3. The molecule has 0 saturated carbocycles. The third-order valence-corrected chi connectivity index (χ3v) is 13.1. The van der Waals surface area contributed by atoms with E-state index < -0.39 is 55.0 Å². The Bertz CT molecular complexity index is 3520.